The third-order valence-corrected chi connectivity index (χ3v) is 1.92. The standard InChI is InChI=1S/C9H10BrNO/c1-7-8(3-2-6-10)4-5-9(12)11-7/h2-5H,6H2,1H3,(H,11,12). The number of rotatable bonds is 2. The lowest BCUT2D eigenvalue weighted by Crippen LogP contribution is -2.05. The number of halogens is 1. The second-order valence-corrected chi connectivity index (χ2v) is 3.11. The molecule has 0 aromatic carbocycles. The average Bonchev–Trinajstić information content (AvgIpc) is 2.03. The molecular formula is C9H10BrNO. The van der Waals surface area contributed by atoms with Crippen LogP contribution in [0.4, 0.5) is 0 Å². The predicted octanol–water partition coefficient (Wildman–Crippen LogP) is 2.09. The van der Waals surface area contributed by atoms with Gasteiger partial charge in [0, 0.05) is 17.1 Å². The van der Waals surface area contributed by atoms with E-state index in [1.165, 1.54) is 6.07 Å². The highest BCUT2D eigenvalue weighted by Gasteiger charge is 1.92. The van der Waals surface area contributed by atoms with Gasteiger partial charge in [-0.25, -0.2) is 0 Å². The fraction of sp³-hybridized carbons (Fsp3) is 0.222. The molecule has 0 unspecified atom stereocenters. The highest BCUT2D eigenvalue weighted by Crippen LogP contribution is 2.03. The highest BCUT2D eigenvalue weighted by atomic mass is 79.9. The fourth-order valence-corrected chi connectivity index (χ4v) is 1.13. The molecule has 0 saturated heterocycles. The molecule has 0 atom stereocenters. The lowest BCUT2D eigenvalue weighted by molar-refractivity contribution is 1.13. The van der Waals surface area contributed by atoms with Crippen molar-refractivity contribution in [1.82, 2.24) is 4.98 Å². The van der Waals surface area contributed by atoms with Crippen LogP contribution in [0.15, 0.2) is 23.0 Å². The van der Waals surface area contributed by atoms with E-state index in [2.05, 4.69) is 20.9 Å². The van der Waals surface area contributed by atoms with Crippen molar-refractivity contribution >= 4 is 22.0 Å². The van der Waals surface area contributed by atoms with Gasteiger partial charge in [-0.1, -0.05) is 28.1 Å². The van der Waals surface area contributed by atoms with Gasteiger partial charge in [-0.3, -0.25) is 4.79 Å². The molecule has 64 valence electrons. The zero-order valence-electron chi connectivity index (χ0n) is 6.80. The van der Waals surface area contributed by atoms with Crippen LogP contribution in [0.1, 0.15) is 11.3 Å². The number of allylic oxidation sites excluding steroid dienone is 1. The summed E-state index contributed by atoms with van der Waals surface area (Å²) in [5.41, 5.74) is 1.90. The van der Waals surface area contributed by atoms with Crippen LogP contribution in [0, 0.1) is 6.92 Å². The molecule has 0 aliphatic carbocycles. The van der Waals surface area contributed by atoms with E-state index in [0.717, 1.165) is 16.6 Å². The lowest BCUT2D eigenvalue weighted by atomic mass is 10.2. The van der Waals surface area contributed by atoms with E-state index in [1.54, 1.807) is 0 Å². The molecular weight excluding hydrogens is 218 g/mol. The minimum atomic E-state index is -0.0523. The molecule has 0 fully saturated rings. The Hall–Kier alpha value is -0.830. The Bertz CT molecular complexity index is 341. The normalized spacial score (nSPS) is 10.8. The maximum Gasteiger partial charge on any atom is 0.248 e. The van der Waals surface area contributed by atoms with E-state index in [-0.39, 0.29) is 5.56 Å². The fourth-order valence-electron chi connectivity index (χ4n) is 0.941. The van der Waals surface area contributed by atoms with Crippen LogP contribution in [-0.4, -0.2) is 10.3 Å². The summed E-state index contributed by atoms with van der Waals surface area (Å²) in [7, 11) is 0. The summed E-state index contributed by atoms with van der Waals surface area (Å²) < 4.78 is 0. The molecule has 1 N–H and O–H groups in total. The first-order valence-electron chi connectivity index (χ1n) is 3.66. The predicted molar refractivity (Wildman–Crippen MR) is 54.6 cm³/mol. The summed E-state index contributed by atoms with van der Waals surface area (Å²) in [5, 5.41) is 0.825. The van der Waals surface area contributed by atoms with Crippen molar-refractivity contribution in [2.45, 2.75) is 6.92 Å². The Morgan fingerprint density at radius 2 is 2.33 bits per heavy atom. The smallest absolute Gasteiger partial charge is 0.248 e. The van der Waals surface area contributed by atoms with Gasteiger partial charge >= 0.3 is 0 Å². The minimum Gasteiger partial charge on any atom is -0.326 e. The number of nitrogens with one attached hydrogen (secondary N) is 1. The first-order valence-corrected chi connectivity index (χ1v) is 4.78. The third kappa shape index (κ3) is 2.34. The number of hydrogen-bond acceptors (Lipinski definition) is 1. The molecule has 0 radical (unpaired) electrons. The van der Waals surface area contributed by atoms with Gasteiger partial charge in [-0.2, -0.15) is 0 Å². The van der Waals surface area contributed by atoms with Crippen LogP contribution in [-0.2, 0) is 0 Å². The first kappa shape index (κ1) is 9.26. The summed E-state index contributed by atoms with van der Waals surface area (Å²) in [6.07, 6.45) is 3.96. The van der Waals surface area contributed by atoms with Crippen LogP contribution in [0.25, 0.3) is 6.08 Å². The monoisotopic (exact) mass is 227 g/mol. The van der Waals surface area contributed by atoms with Crippen molar-refractivity contribution in [3.05, 3.63) is 39.8 Å². The highest BCUT2D eigenvalue weighted by molar-refractivity contribution is 9.09. The van der Waals surface area contributed by atoms with Crippen LogP contribution in [0.5, 0.6) is 0 Å². The van der Waals surface area contributed by atoms with Crippen LogP contribution in [0.2, 0.25) is 0 Å². The minimum absolute atomic E-state index is 0.0523. The van der Waals surface area contributed by atoms with Crippen molar-refractivity contribution in [3.8, 4) is 0 Å². The van der Waals surface area contributed by atoms with Crippen LogP contribution in [0.3, 0.4) is 0 Å². The number of H-pyrrole nitrogens is 1. The van der Waals surface area contributed by atoms with E-state index in [9.17, 15) is 4.79 Å². The van der Waals surface area contributed by atoms with Gasteiger partial charge in [0.2, 0.25) is 5.56 Å². The first-order chi connectivity index (χ1) is 5.74. The lowest BCUT2D eigenvalue weighted by Gasteiger charge is -1.97. The van der Waals surface area contributed by atoms with E-state index >= 15 is 0 Å². The van der Waals surface area contributed by atoms with E-state index in [0.29, 0.717) is 0 Å². The molecule has 0 aliphatic rings. The van der Waals surface area contributed by atoms with Gasteiger partial charge in [-0.05, 0) is 18.6 Å². The van der Waals surface area contributed by atoms with Crippen molar-refractivity contribution in [3.63, 3.8) is 0 Å². The van der Waals surface area contributed by atoms with E-state index in [1.807, 2.05) is 25.1 Å². The van der Waals surface area contributed by atoms with Gasteiger partial charge in [-0.15, -0.1) is 0 Å². The number of aryl methyl sites for hydroxylation is 1. The molecule has 2 nitrogen and oxygen atoms in total. The van der Waals surface area contributed by atoms with Gasteiger partial charge in [0.1, 0.15) is 0 Å². The summed E-state index contributed by atoms with van der Waals surface area (Å²) in [6, 6.07) is 3.34. The Morgan fingerprint density at radius 1 is 1.58 bits per heavy atom. The number of alkyl halides is 1. The number of aromatic amines is 1. The maximum atomic E-state index is 10.8. The van der Waals surface area contributed by atoms with Crippen LogP contribution >= 0.6 is 15.9 Å². The number of aromatic nitrogens is 1. The van der Waals surface area contributed by atoms with E-state index in [4.69, 9.17) is 0 Å². The van der Waals surface area contributed by atoms with E-state index < -0.39 is 0 Å². The Kier molecular flexibility index (Phi) is 3.29. The molecule has 1 heterocycles. The number of hydrogen-bond donors (Lipinski definition) is 1. The molecule has 3 heteroatoms. The van der Waals surface area contributed by atoms with Crippen molar-refractivity contribution in [1.29, 1.82) is 0 Å². The molecule has 12 heavy (non-hydrogen) atoms. The Labute approximate surface area is 79.5 Å². The second kappa shape index (κ2) is 4.26. The summed E-state index contributed by atoms with van der Waals surface area (Å²) in [6.45, 7) is 1.88. The maximum absolute atomic E-state index is 10.8. The molecule has 0 bridgehead atoms. The Balaban J connectivity index is 3.01. The molecule has 0 amide bonds. The summed E-state index contributed by atoms with van der Waals surface area (Å²) >= 11 is 3.29. The summed E-state index contributed by atoms with van der Waals surface area (Å²) in [5.74, 6) is 0. The number of pyridine rings is 1. The average molecular weight is 228 g/mol. The van der Waals surface area contributed by atoms with Crippen molar-refractivity contribution in [2.24, 2.45) is 0 Å². The van der Waals surface area contributed by atoms with Crippen molar-refractivity contribution < 1.29 is 0 Å². The molecule has 1 aromatic heterocycles. The SMILES string of the molecule is Cc1[nH]c(=O)ccc1C=CCBr. The van der Waals surface area contributed by atoms with Gasteiger partial charge in [0.05, 0.1) is 0 Å². The van der Waals surface area contributed by atoms with Gasteiger partial charge in [0.25, 0.3) is 0 Å². The zero-order chi connectivity index (χ0) is 8.97. The second-order valence-electron chi connectivity index (χ2n) is 2.46. The molecule has 0 saturated carbocycles. The topological polar surface area (TPSA) is 32.9 Å². The van der Waals surface area contributed by atoms with Gasteiger partial charge in [0.15, 0.2) is 0 Å². The molecule has 1 rings (SSSR count). The van der Waals surface area contributed by atoms with Crippen molar-refractivity contribution in [2.75, 3.05) is 5.33 Å². The largest absolute Gasteiger partial charge is 0.326 e. The molecule has 0 aliphatic heterocycles. The quantitative estimate of drug-likeness (QED) is 0.772. The molecule has 0 spiro atoms. The molecule has 1 aromatic rings. The summed E-state index contributed by atoms with van der Waals surface area (Å²) in [4.78, 5) is 13.6. The Morgan fingerprint density at radius 3 is 2.92 bits per heavy atom. The zero-order valence-corrected chi connectivity index (χ0v) is 8.39. The third-order valence-electron chi connectivity index (χ3n) is 1.54. The van der Waals surface area contributed by atoms with Crippen LogP contribution < -0.4 is 5.56 Å². The van der Waals surface area contributed by atoms with Gasteiger partial charge < -0.3 is 4.98 Å².